The summed E-state index contributed by atoms with van der Waals surface area (Å²) in [4.78, 5) is 10.5. The highest BCUT2D eigenvalue weighted by Gasteiger charge is 2.47. The number of fused-ring (bicyclic) bond motifs is 2. The lowest BCUT2D eigenvalue weighted by Gasteiger charge is -2.26. The number of aliphatic carboxylic acids is 1. The van der Waals surface area contributed by atoms with E-state index in [1.807, 2.05) is 0 Å². The second-order valence-electron chi connectivity index (χ2n) is 7.31. The van der Waals surface area contributed by atoms with Crippen molar-refractivity contribution in [3.63, 3.8) is 0 Å². The number of carboxylic acids is 1. The van der Waals surface area contributed by atoms with Crippen LogP contribution in [0.3, 0.4) is 0 Å². The molecule has 2 heterocycles. The topological polar surface area (TPSA) is 46.5 Å². The third kappa shape index (κ3) is 6.08. The normalized spacial score (nSPS) is 29.2. The van der Waals surface area contributed by atoms with Crippen molar-refractivity contribution in [3.05, 3.63) is 24.3 Å². The molecule has 24 heavy (non-hydrogen) atoms. The van der Waals surface area contributed by atoms with Crippen molar-refractivity contribution in [1.82, 2.24) is 0 Å². The molecule has 0 radical (unpaired) electrons. The Balaban J connectivity index is 1.71. The Morgan fingerprint density at radius 3 is 2.08 bits per heavy atom. The largest absolute Gasteiger partial charge is 0.481 e. The molecule has 0 amide bonds. The van der Waals surface area contributed by atoms with Gasteiger partial charge in [-0.25, -0.2) is 0 Å². The summed E-state index contributed by atoms with van der Waals surface area (Å²) >= 11 is 0. The first kappa shape index (κ1) is 19.2. The molecule has 2 bridgehead atoms. The van der Waals surface area contributed by atoms with Crippen LogP contribution in [0.25, 0.3) is 0 Å². The van der Waals surface area contributed by atoms with Crippen molar-refractivity contribution in [3.8, 4) is 0 Å². The van der Waals surface area contributed by atoms with Gasteiger partial charge in [0.1, 0.15) is 0 Å². The highest BCUT2D eigenvalue weighted by molar-refractivity contribution is 5.66. The molecule has 2 aliphatic heterocycles. The van der Waals surface area contributed by atoms with Crippen molar-refractivity contribution in [2.45, 2.75) is 89.8 Å². The van der Waals surface area contributed by atoms with E-state index in [1.54, 1.807) is 0 Å². The van der Waals surface area contributed by atoms with Gasteiger partial charge in [-0.15, -0.1) is 0 Å². The fraction of sp³-hybridized carbons (Fsp3) is 0.762. The van der Waals surface area contributed by atoms with Crippen molar-refractivity contribution in [2.24, 2.45) is 11.8 Å². The maximum Gasteiger partial charge on any atom is 0.303 e. The van der Waals surface area contributed by atoms with E-state index < -0.39 is 5.97 Å². The van der Waals surface area contributed by atoms with E-state index in [4.69, 9.17) is 9.84 Å². The lowest BCUT2D eigenvalue weighted by molar-refractivity contribution is -0.137. The highest BCUT2D eigenvalue weighted by Crippen LogP contribution is 2.46. The molecule has 3 nitrogen and oxygen atoms in total. The standard InChI is InChI=1S/C21H34O3/c1-2-3-4-5-6-9-12-17-18(20-16-15-19(17)24-20)13-10-7-8-11-14-21(22)23/h6-7,9-10,17-20H,2-5,8,11-16H2,1H3,(H,22,23)/t17-,18+,19-,20+/m1/s1. The Kier molecular flexibility index (Phi) is 8.58. The Morgan fingerprint density at radius 1 is 0.958 bits per heavy atom. The van der Waals surface area contributed by atoms with E-state index in [-0.39, 0.29) is 6.42 Å². The van der Waals surface area contributed by atoms with E-state index in [0.717, 1.165) is 25.7 Å². The van der Waals surface area contributed by atoms with E-state index >= 15 is 0 Å². The molecule has 0 spiro atoms. The van der Waals surface area contributed by atoms with Crippen LogP contribution in [-0.4, -0.2) is 23.3 Å². The summed E-state index contributed by atoms with van der Waals surface area (Å²) in [5, 5.41) is 8.65. The first-order valence-electron chi connectivity index (χ1n) is 9.89. The molecule has 2 saturated heterocycles. The zero-order chi connectivity index (χ0) is 17.2. The van der Waals surface area contributed by atoms with Gasteiger partial charge >= 0.3 is 5.97 Å². The number of allylic oxidation sites excluding steroid dienone is 4. The van der Waals surface area contributed by atoms with Crippen molar-refractivity contribution < 1.29 is 14.6 Å². The smallest absolute Gasteiger partial charge is 0.303 e. The molecule has 1 N–H and O–H groups in total. The summed E-state index contributed by atoms with van der Waals surface area (Å²) in [5.41, 5.74) is 0. The Labute approximate surface area is 147 Å². The van der Waals surface area contributed by atoms with Crippen molar-refractivity contribution in [1.29, 1.82) is 0 Å². The lowest BCUT2D eigenvalue weighted by atomic mass is 9.76. The van der Waals surface area contributed by atoms with Crippen LogP contribution in [-0.2, 0) is 9.53 Å². The molecule has 2 aliphatic rings. The molecule has 0 saturated carbocycles. The number of rotatable bonds is 12. The van der Waals surface area contributed by atoms with Crippen LogP contribution >= 0.6 is 0 Å². The molecular formula is C21H34O3. The fourth-order valence-corrected chi connectivity index (χ4v) is 4.15. The van der Waals surface area contributed by atoms with Gasteiger partial charge in [0.25, 0.3) is 0 Å². The van der Waals surface area contributed by atoms with Crippen LogP contribution in [0.15, 0.2) is 24.3 Å². The summed E-state index contributed by atoms with van der Waals surface area (Å²) in [6, 6.07) is 0. The van der Waals surface area contributed by atoms with Gasteiger partial charge in [0.15, 0.2) is 0 Å². The summed E-state index contributed by atoms with van der Waals surface area (Å²) in [6.07, 6.45) is 21.8. The predicted octanol–water partition coefficient (Wildman–Crippen LogP) is 5.51. The third-order valence-electron chi connectivity index (χ3n) is 5.48. The van der Waals surface area contributed by atoms with Gasteiger partial charge < -0.3 is 9.84 Å². The monoisotopic (exact) mass is 334 g/mol. The minimum absolute atomic E-state index is 0.271. The SMILES string of the molecule is CCCCCC=CC[C@@H]1[C@H](CC=CCCCC(=O)O)[C@@H]2CC[C@H]1O2. The summed E-state index contributed by atoms with van der Waals surface area (Å²) < 4.78 is 6.16. The molecule has 136 valence electrons. The maximum atomic E-state index is 10.5. The Hall–Kier alpha value is -1.09. The molecule has 0 aromatic heterocycles. The van der Waals surface area contributed by atoms with Crippen molar-refractivity contribution >= 4 is 5.97 Å². The number of hydrogen-bond acceptors (Lipinski definition) is 2. The third-order valence-corrected chi connectivity index (χ3v) is 5.48. The van der Waals surface area contributed by atoms with Crippen LogP contribution in [0, 0.1) is 11.8 Å². The average molecular weight is 335 g/mol. The molecular weight excluding hydrogens is 300 g/mol. The molecule has 4 atom stereocenters. The van der Waals surface area contributed by atoms with E-state index in [1.165, 1.54) is 38.5 Å². The van der Waals surface area contributed by atoms with Crippen LogP contribution < -0.4 is 0 Å². The van der Waals surface area contributed by atoms with E-state index in [0.29, 0.717) is 24.0 Å². The minimum atomic E-state index is -0.698. The van der Waals surface area contributed by atoms with Gasteiger partial charge in [-0.1, -0.05) is 44.1 Å². The maximum absolute atomic E-state index is 10.5. The highest BCUT2D eigenvalue weighted by atomic mass is 16.5. The zero-order valence-electron chi connectivity index (χ0n) is 15.2. The first-order chi connectivity index (χ1) is 11.7. The van der Waals surface area contributed by atoms with Crippen LogP contribution in [0.5, 0.6) is 0 Å². The van der Waals surface area contributed by atoms with Gasteiger partial charge in [0.2, 0.25) is 0 Å². The molecule has 0 aromatic rings. The molecule has 0 aromatic carbocycles. The first-order valence-corrected chi connectivity index (χ1v) is 9.89. The van der Waals surface area contributed by atoms with Crippen LogP contribution in [0.1, 0.15) is 77.6 Å². The number of unbranched alkanes of at least 4 members (excludes halogenated alkanes) is 4. The van der Waals surface area contributed by atoms with Gasteiger partial charge in [-0.3, -0.25) is 4.79 Å². The van der Waals surface area contributed by atoms with Gasteiger partial charge in [-0.05, 0) is 63.2 Å². The zero-order valence-corrected chi connectivity index (χ0v) is 15.2. The second-order valence-corrected chi connectivity index (χ2v) is 7.31. The second kappa shape index (κ2) is 10.7. The van der Waals surface area contributed by atoms with E-state index in [9.17, 15) is 4.79 Å². The minimum Gasteiger partial charge on any atom is -0.481 e. The molecule has 3 heteroatoms. The molecule has 0 aliphatic carbocycles. The Bertz CT molecular complexity index is 427. The summed E-state index contributed by atoms with van der Waals surface area (Å²) in [5.74, 6) is 0.630. The quantitative estimate of drug-likeness (QED) is 0.378. The number of ether oxygens (including phenoxy) is 1. The van der Waals surface area contributed by atoms with Crippen LogP contribution in [0.2, 0.25) is 0 Å². The fourth-order valence-electron chi connectivity index (χ4n) is 4.15. The van der Waals surface area contributed by atoms with Gasteiger partial charge in [0, 0.05) is 6.42 Å². The van der Waals surface area contributed by atoms with Gasteiger partial charge in [0.05, 0.1) is 12.2 Å². The molecule has 0 unspecified atom stereocenters. The summed E-state index contributed by atoms with van der Waals surface area (Å²) in [7, 11) is 0. The van der Waals surface area contributed by atoms with Crippen LogP contribution in [0.4, 0.5) is 0 Å². The Morgan fingerprint density at radius 2 is 1.54 bits per heavy atom. The van der Waals surface area contributed by atoms with Crippen molar-refractivity contribution in [2.75, 3.05) is 0 Å². The predicted molar refractivity (Wildman–Crippen MR) is 98.0 cm³/mol. The summed E-state index contributed by atoms with van der Waals surface area (Å²) in [6.45, 7) is 2.25. The average Bonchev–Trinajstić information content (AvgIpc) is 3.15. The lowest BCUT2D eigenvalue weighted by Crippen LogP contribution is -2.26. The molecule has 2 rings (SSSR count). The number of carboxylic acid groups (broad SMARTS) is 1. The van der Waals surface area contributed by atoms with Gasteiger partial charge in [-0.2, -0.15) is 0 Å². The number of carbonyl (C=O) groups is 1. The van der Waals surface area contributed by atoms with E-state index in [2.05, 4.69) is 31.2 Å². The number of hydrogen-bond donors (Lipinski definition) is 1. The molecule has 2 fully saturated rings.